The Morgan fingerprint density at radius 1 is 1.10 bits per heavy atom. The standard InChI is InChI=1S/C16H19BrN2O/c1-9-6-7-14(20-5)11(3)15(9)19-16-13(17)8-10(2)12(4)18-16/h6-8H,1-5H3,(H,18,19). The number of methoxy groups -OCH3 is 1. The fraction of sp³-hybridized carbons (Fsp3) is 0.312. The molecule has 3 nitrogen and oxygen atoms in total. The summed E-state index contributed by atoms with van der Waals surface area (Å²) in [6.45, 7) is 8.18. The van der Waals surface area contributed by atoms with Gasteiger partial charge in [0.2, 0.25) is 0 Å². The van der Waals surface area contributed by atoms with E-state index >= 15 is 0 Å². The van der Waals surface area contributed by atoms with Crippen molar-refractivity contribution in [3.05, 3.63) is 45.1 Å². The lowest BCUT2D eigenvalue weighted by Gasteiger charge is -2.16. The molecule has 0 aliphatic heterocycles. The maximum absolute atomic E-state index is 5.38. The molecule has 1 aromatic heterocycles. The molecule has 0 spiro atoms. The summed E-state index contributed by atoms with van der Waals surface area (Å²) in [7, 11) is 1.69. The Morgan fingerprint density at radius 3 is 2.45 bits per heavy atom. The van der Waals surface area contributed by atoms with E-state index in [-0.39, 0.29) is 0 Å². The third-order valence-corrected chi connectivity index (χ3v) is 4.11. The predicted molar refractivity (Wildman–Crippen MR) is 87.2 cm³/mol. The average Bonchev–Trinajstić information content (AvgIpc) is 2.40. The second-order valence-electron chi connectivity index (χ2n) is 4.93. The molecule has 106 valence electrons. The van der Waals surface area contributed by atoms with Crippen molar-refractivity contribution in [2.75, 3.05) is 12.4 Å². The number of aromatic nitrogens is 1. The molecule has 1 aromatic carbocycles. The van der Waals surface area contributed by atoms with Gasteiger partial charge in [-0.3, -0.25) is 0 Å². The number of aryl methyl sites for hydroxylation is 3. The van der Waals surface area contributed by atoms with Crippen LogP contribution in [0.2, 0.25) is 0 Å². The topological polar surface area (TPSA) is 34.1 Å². The molecule has 1 heterocycles. The summed E-state index contributed by atoms with van der Waals surface area (Å²) in [6.07, 6.45) is 0. The Balaban J connectivity index is 2.47. The Bertz CT molecular complexity index is 653. The number of hydrogen-bond donors (Lipinski definition) is 1. The van der Waals surface area contributed by atoms with Crippen molar-refractivity contribution in [3.8, 4) is 5.75 Å². The quantitative estimate of drug-likeness (QED) is 0.872. The minimum absolute atomic E-state index is 0.826. The normalized spacial score (nSPS) is 10.5. The molecule has 0 unspecified atom stereocenters. The SMILES string of the molecule is COc1ccc(C)c(Nc2nc(C)c(C)cc2Br)c1C. The van der Waals surface area contributed by atoms with Crippen LogP contribution in [-0.4, -0.2) is 12.1 Å². The van der Waals surface area contributed by atoms with E-state index in [2.05, 4.69) is 46.1 Å². The zero-order chi connectivity index (χ0) is 14.9. The number of anilines is 2. The van der Waals surface area contributed by atoms with Gasteiger partial charge in [-0.15, -0.1) is 0 Å². The van der Waals surface area contributed by atoms with Gasteiger partial charge in [0.15, 0.2) is 0 Å². The number of hydrogen-bond acceptors (Lipinski definition) is 3. The number of pyridine rings is 1. The van der Waals surface area contributed by atoms with E-state index in [1.54, 1.807) is 7.11 Å². The zero-order valence-electron chi connectivity index (χ0n) is 12.5. The number of rotatable bonds is 3. The summed E-state index contributed by atoms with van der Waals surface area (Å²) in [4.78, 5) is 4.61. The minimum atomic E-state index is 0.826. The van der Waals surface area contributed by atoms with E-state index in [1.165, 1.54) is 5.56 Å². The molecule has 1 N–H and O–H groups in total. The molecule has 2 rings (SSSR count). The molecular formula is C16H19BrN2O. The highest BCUT2D eigenvalue weighted by Gasteiger charge is 2.11. The summed E-state index contributed by atoms with van der Waals surface area (Å²) < 4.78 is 6.34. The lowest BCUT2D eigenvalue weighted by atomic mass is 10.1. The van der Waals surface area contributed by atoms with Crippen molar-refractivity contribution in [3.63, 3.8) is 0 Å². The Labute approximate surface area is 128 Å². The van der Waals surface area contributed by atoms with Crippen molar-refractivity contribution < 1.29 is 4.74 Å². The molecule has 0 atom stereocenters. The van der Waals surface area contributed by atoms with Gasteiger partial charge in [0.1, 0.15) is 11.6 Å². The van der Waals surface area contributed by atoms with Crippen molar-refractivity contribution >= 4 is 27.4 Å². The van der Waals surface area contributed by atoms with Gasteiger partial charge in [0.05, 0.1) is 11.6 Å². The third-order valence-electron chi connectivity index (χ3n) is 3.51. The van der Waals surface area contributed by atoms with Crippen molar-refractivity contribution in [1.82, 2.24) is 4.98 Å². The largest absolute Gasteiger partial charge is 0.496 e. The van der Waals surface area contributed by atoms with Crippen LogP contribution in [0.3, 0.4) is 0 Å². The first-order chi connectivity index (χ1) is 9.43. The van der Waals surface area contributed by atoms with Crippen molar-refractivity contribution in [1.29, 1.82) is 0 Å². The lowest BCUT2D eigenvalue weighted by Crippen LogP contribution is -2.02. The van der Waals surface area contributed by atoms with E-state index in [0.29, 0.717) is 0 Å². The number of nitrogens with one attached hydrogen (secondary N) is 1. The fourth-order valence-corrected chi connectivity index (χ4v) is 2.65. The highest BCUT2D eigenvalue weighted by Crippen LogP contribution is 2.33. The van der Waals surface area contributed by atoms with Crippen LogP contribution in [0.4, 0.5) is 11.5 Å². The summed E-state index contributed by atoms with van der Waals surface area (Å²) in [5.74, 6) is 1.70. The maximum Gasteiger partial charge on any atom is 0.145 e. The third kappa shape index (κ3) is 2.80. The van der Waals surface area contributed by atoms with E-state index < -0.39 is 0 Å². The summed E-state index contributed by atoms with van der Waals surface area (Å²) in [5.41, 5.74) is 5.48. The summed E-state index contributed by atoms with van der Waals surface area (Å²) in [5, 5.41) is 3.41. The van der Waals surface area contributed by atoms with Gasteiger partial charge in [0.25, 0.3) is 0 Å². The Morgan fingerprint density at radius 2 is 1.80 bits per heavy atom. The fourth-order valence-electron chi connectivity index (χ4n) is 2.12. The van der Waals surface area contributed by atoms with E-state index in [0.717, 1.165) is 38.5 Å². The first-order valence-corrected chi connectivity index (χ1v) is 7.28. The Hall–Kier alpha value is -1.55. The molecule has 2 aromatic rings. The van der Waals surface area contributed by atoms with Gasteiger partial charge >= 0.3 is 0 Å². The molecule has 0 bridgehead atoms. The molecule has 20 heavy (non-hydrogen) atoms. The van der Waals surface area contributed by atoms with Gasteiger partial charge in [-0.2, -0.15) is 0 Å². The van der Waals surface area contributed by atoms with Crippen LogP contribution in [0.5, 0.6) is 5.75 Å². The highest BCUT2D eigenvalue weighted by atomic mass is 79.9. The number of benzene rings is 1. The lowest BCUT2D eigenvalue weighted by molar-refractivity contribution is 0.412. The van der Waals surface area contributed by atoms with Crippen molar-refractivity contribution in [2.45, 2.75) is 27.7 Å². The number of nitrogens with zero attached hydrogens (tertiary/aromatic N) is 1. The molecule has 0 fully saturated rings. The Kier molecular flexibility index (Phi) is 4.33. The van der Waals surface area contributed by atoms with E-state index in [9.17, 15) is 0 Å². The molecule has 0 aliphatic rings. The van der Waals surface area contributed by atoms with E-state index in [1.807, 2.05) is 26.0 Å². The van der Waals surface area contributed by atoms with Crippen LogP contribution in [-0.2, 0) is 0 Å². The minimum Gasteiger partial charge on any atom is -0.496 e. The van der Waals surface area contributed by atoms with Crippen LogP contribution in [0.1, 0.15) is 22.4 Å². The second-order valence-corrected chi connectivity index (χ2v) is 5.79. The van der Waals surface area contributed by atoms with Gasteiger partial charge in [0, 0.05) is 16.9 Å². The average molecular weight is 335 g/mol. The molecular weight excluding hydrogens is 316 g/mol. The van der Waals surface area contributed by atoms with Crippen molar-refractivity contribution in [2.24, 2.45) is 0 Å². The zero-order valence-corrected chi connectivity index (χ0v) is 14.1. The summed E-state index contributed by atoms with van der Waals surface area (Å²) >= 11 is 3.57. The van der Waals surface area contributed by atoms with Gasteiger partial charge in [-0.1, -0.05) is 6.07 Å². The highest BCUT2D eigenvalue weighted by molar-refractivity contribution is 9.10. The first kappa shape index (κ1) is 14.9. The molecule has 0 saturated heterocycles. The van der Waals surface area contributed by atoms with Gasteiger partial charge in [-0.05, 0) is 66.9 Å². The number of halogens is 1. The summed E-state index contributed by atoms with van der Waals surface area (Å²) in [6, 6.07) is 6.11. The number of ether oxygens (including phenoxy) is 1. The predicted octanol–water partition coefficient (Wildman–Crippen LogP) is 4.83. The second kappa shape index (κ2) is 5.83. The molecule has 0 saturated carbocycles. The van der Waals surface area contributed by atoms with Crippen LogP contribution >= 0.6 is 15.9 Å². The van der Waals surface area contributed by atoms with E-state index in [4.69, 9.17) is 4.74 Å². The van der Waals surface area contributed by atoms with Crippen LogP contribution < -0.4 is 10.1 Å². The van der Waals surface area contributed by atoms with Gasteiger partial charge < -0.3 is 10.1 Å². The van der Waals surface area contributed by atoms with Gasteiger partial charge in [-0.25, -0.2) is 4.98 Å². The smallest absolute Gasteiger partial charge is 0.145 e. The monoisotopic (exact) mass is 334 g/mol. The van der Waals surface area contributed by atoms with Crippen LogP contribution in [0, 0.1) is 27.7 Å². The first-order valence-electron chi connectivity index (χ1n) is 6.49. The molecule has 0 radical (unpaired) electrons. The van der Waals surface area contributed by atoms with Crippen LogP contribution in [0.15, 0.2) is 22.7 Å². The molecule has 0 amide bonds. The molecule has 4 heteroatoms. The maximum atomic E-state index is 5.38. The molecule has 0 aliphatic carbocycles. The van der Waals surface area contributed by atoms with Crippen LogP contribution in [0.25, 0.3) is 0 Å².